The Hall–Kier alpha value is -2.49. The Balaban J connectivity index is 1.82. The van der Waals surface area contributed by atoms with Gasteiger partial charge in [-0.25, -0.2) is 0 Å². The summed E-state index contributed by atoms with van der Waals surface area (Å²) in [5, 5.41) is 11.8. The monoisotopic (exact) mass is 271 g/mol. The van der Waals surface area contributed by atoms with E-state index in [9.17, 15) is 4.79 Å². The number of carbonyl (C=O) groups is 1. The summed E-state index contributed by atoms with van der Waals surface area (Å²) in [6, 6.07) is 17.5. The van der Waals surface area contributed by atoms with Crippen molar-refractivity contribution >= 4 is 17.3 Å². The molecule has 0 saturated carbocycles. The second-order valence-corrected chi connectivity index (χ2v) is 4.36. The lowest BCUT2D eigenvalue weighted by Crippen LogP contribution is -2.02. The van der Waals surface area contributed by atoms with E-state index in [0.717, 1.165) is 17.1 Å². The Morgan fingerprint density at radius 1 is 1.00 bits per heavy atom. The molecule has 0 radical (unpaired) electrons. The lowest BCUT2D eigenvalue weighted by atomic mass is 10.2. The van der Waals surface area contributed by atoms with Crippen LogP contribution in [0.15, 0.2) is 54.6 Å². The highest BCUT2D eigenvalue weighted by Crippen LogP contribution is 2.19. The highest BCUT2D eigenvalue weighted by Gasteiger charge is 1.99. The maximum atomic E-state index is 10.4. The van der Waals surface area contributed by atoms with Crippen LogP contribution in [-0.4, -0.2) is 17.7 Å². The molecule has 0 saturated heterocycles. The quantitative estimate of drug-likeness (QED) is 0.754. The van der Waals surface area contributed by atoms with Crippen molar-refractivity contribution in [3.63, 3.8) is 0 Å². The van der Waals surface area contributed by atoms with E-state index >= 15 is 0 Å². The number of para-hydroxylation sites is 1. The van der Waals surface area contributed by atoms with Gasteiger partial charge in [-0.2, -0.15) is 0 Å². The molecule has 4 heteroatoms. The Bertz CT molecular complexity index is 537. The zero-order valence-electron chi connectivity index (χ0n) is 11.1. The number of nitrogens with one attached hydrogen (secondary N) is 1. The first-order chi connectivity index (χ1) is 9.74. The third kappa shape index (κ3) is 4.65. The van der Waals surface area contributed by atoms with Gasteiger partial charge in [-0.3, -0.25) is 4.79 Å². The van der Waals surface area contributed by atoms with Crippen molar-refractivity contribution in [3.8, 4) is 5.75 Å². The van der Waals surface area contributed by atoms with Crippen molar-refractivity contribution in [2.45, 2.75) is 12.8 Å². The molecule has 0 atom stereocenters. The molecular formula is C16H17NO3. The normalized spacial score (nSPS) is 10.0. The number of carboxylic acids is 1. The van der Waals surface area contributed by atoms with Crippen molar-refractivity contribution in [1.29, 1.82) is 0 Å². The van der Waals surface area contributed by atoms with Gasteiger partial charge in [-0.15, -0.1) is 0 Å². The highest BCUT2D eigenvalue weighted by atomic mass is 16.5. The summed E-state index contributed by atoms with van der Waals surface area (Å²) in [7, 11) is 0. The predicted octanol–water partition coefficient (Wildman–Crippen LogP) is 3.67. The third-order valence-corrected chi connectivity index (χ3v) is 2.72. The summed E-state index contributed by atoms with van der Waals surface area (Å²) in [5.74, 6) is -0.0509. The van der Waals surface area contributed by atoms with Gasteiger partial charge in [-0.1, -0.05) is 18.2 Å². The smallest absolute Gasteiger partial charge is 0.303 e. The predicted molar refractivity (Wildman–Crippen MR) is 78.5 cm³/mol. The molecule has 2 N–H and O–H groups in total. The number of carboxylic acid groups (broad SMARTS) is 1. The van der Waals surface area contributed by atoms with Gasteiger partial charge < -0.3 is 15.2 Å². The lowest BCUT2D eigenvalue weighted by Gasteiger charge is -2.08. The number of hydrogen-bond donors (Lipinski definition) is 2. The van der Waals surface area contributed by atoms with Gasteiger partial charge in [0.2, 0.25) is 0 Å². The van der Waals surface area contributed by atoms with E-state index in [-0.39, 0.29) is 6.42 Å². The number of aliphatic carboxylic acids is 1. The topological polar surface area (TPSA) is 58.6 Å². The van der Waals surface area contributed by atoms with Crippen LogP contribution in [0, 0.1) is 0 Å². The van der Waals surface area contributed by atoms with Crippen molar-refractivity contribution in [2.24, 2.45) is 0 Å². The molecule has 0 bridgehead atoms. The minimum atomic E-state index is -0.795. The number of ether oxygens (including phenoxy) is 1. The summed E-state index contributed by atoms with van der Waals surface area (Å²) in [6.45, 7) is 0.414. The van der Waals surface area contributed by atoms with Crippen LogP contribution in [0.1, 0.15) is 12.8 Å². The Kier molecular flexibility index (Phi) is 5.00. The first-order valence-corrected chi connectivity index (χ1v) is 6.51. The molecule has 2 aromatic carbocycles. The molecule has 20 heavy (non-hydrogen) atoms. The first-order valence-electron chi connectivity index (χ1n) is 6.51. The summed E-state index contributed by atoms with van der Waals surface area (Å²) in [5.41, 5.74) is 2.01. The standard InChI is InChI=1S/C16H17NO3/c18-16(19)7-4-12-20-15-10-8-14(9-11-15)17-13-5-2-1-3-6-13/h1-3,5-6,8-11,17H,4,7,12H2,(H,18,19). The van der Waals surface area contributed by atoms with Gasteiger partial charge >= 0.3 is 5.97 Å². The van der Waals surface area contributed by atoms with E-state index in [1.54, 1.807) is 0 Å². The molecule has 0 fully saturated rings. The van der Waals surface area contributed by atoms with Crippen molar-refractivity contribution in [1.82, 2.24) is 0 Å². The SMILES string of the molecule is O=C(O)CCCOc1ccc(Nc2ccccc2)cc1. The number of benzene rings is 2. The molecule has 0 spiro atoms. The second kappa shape index (κ2) is 7.19. The molecule has 0 aliphatic heterocycles. The molecule has 0 aliphatic rings. The molecular weight excluding hydrogens is 254 g/mol. The van der Waals surface area contributed by atoms with Gasteiger partial charge in [-0.05, 0) is 42.8 Å². The van der Waals surface area contributed by atoms with E-state index in [1.165, 1.54) is 0 Å². The zero-order chi connectivity index (χ0) is 14.2. The fraction of sp³-hybridized carbons (Fsp3) is 0.188. The van der Waals surface area contributed by atoms with Crippen molar-refractivity contribution in [2.75, 3.05) is 11.9 Å². The molecule has 0 heterocycles. The van der Waals surface area contributed by atoms with Crippen LogP contribution in [0.2, 0.25) is 0 Å². The first kappa shape index (κ1) is 13.9. The van der Waals surface area contributed by atoms with E-state index in [0.29, 0.717) is 13.0 Å². The molecule has 0 aliphatic carbocycles. The molecule has 4 nitrogen and oxygen atoms in total. The van der Waals surface area contributed by atoms with Crippen LogP contribution >= 0.6 is 0 Å². The Morgan fingerprint density at radius 2 is 1.65 bits per heavy atom. The number of rotatable bonds is 7. The summed E-state index contributed by atoms with van der Waals surface area (Å²) < 4.78 is 5.47. The van der Waals surface area contributed by atoms with E-state index in [1.807, 2.05) is 54.6 Å². The summed E-state index contributed by atoms with van der Waals surface area (Å²) >= 11 is 0. The van der Waals surface area contributed by atoms with Crippen LogP contribution in [0.4, 0.5) is 11.4 Å². The number of hydrogen-bond acceptors (Lipinski definition) is 3. The van der Waals surface area contributed by atoms with Crippen LogP contribution in [-0.2, 0) is 4.79 Å². The van der Waals surface area contributed by atoms with Gasteiger partial charge in [0.25, 0.3) is 0 Å². The van der Waals surface area contributed by atoms with Gasteiger partial charge in [0, 0.05) is 17.8 Å². The van der Waals surface area contributed by atoms with Crippen LogP contribution < -0.4 is 10.1 Å². The second-order valence-electron chi connectivity index (χ2n) is 4.36. The van der Waals surface area contributed by atoms with Crippen molar-refractivity contribution in [3.05, 3.63) is 54.6 Å². The Labute approximate surface area is 118 Å². The van der Waals surface area contributed by atoms with E-state index in [4.69, 9.17) is 9.84 Å². The maximum Gasteiger partial charge on any atom is 0.303 e. The van der Waals surface area contributed by atoms with E-state index in [2.05, 4.69) is 5.32 Å². The fourth-order valence-corrected chi connectivity index (χ4v) is 1.74. The van der Waals surface area contributed by atoms with Crippen LogP contribution in [0.3, 0.4) is 0 Å². The van der Waals surface area contributed by atoms with Gasteiger partial charge in [0.15, 0.2) is 0 Å². The minimum absolute atomic E-state index is 0.133. The average molecular weight is 271 g/mol. The van der Waals surface area contributed by atoms with Gasteiger partial charge in [0.05, 0.1) is 6.61 Å². The third-order valence-electron chi connectivity index (χ3n) is 2.72. The minimum Gasteiger partial charge on any atom is -0.494 e. The van der Waals surface area contributed by atoms with Crippen molar-refractivity contribution < 1.29 is 14.6 Å². The number of anilines is 2. The van der Waals surface area contributed by atoms with Gasteiger partial charge in [0.1, 0.15) is 5.75 Å². The summed E-state index contributed by atoms with van der Waals surface area (Å²) in [4.78, 5) is 10.4. The molecule has 0 aromatic heterocycles. The van der Waals surface area contributed by atoms with E-state index < -0.39 is 5.97 Å². The van der Waals surface area contributed by atoms with Crippen LogP contribution in [0.25, 0.3) is 0 Å². The van der Waals surface area contributed by atoms with Crippen LogP contribution in [0.5, 0.6) is 5.75 Å². The fourth-order valence-electron chi connectivity index (χ4n) is 1.74. The maximum absolute atomic E-state index is 10.4. The highest BCUT2D eigenvalue weighted by molar-refractivity contribution is 5.66. The molecule has 104 valence electrons. The molecule has 0 unspecified atom stereocenters. The largest absolute Gasteiger partial charge is 0.494 e. The average Bonchev–Trinajstić information content (AvgIpc) is 2.46. The molecule has 0 amide bonds. The molecule has 2 aromatic rings. The zero-order valence-corrected chi connectivity index (χ0v) is 11.1. The Morgan fingerprint density at radius 3 is 2.30 bits per heavy atom. The lowest BCUT2D eigenvalue weighted by molar-refractivity contribution is -0.137. The molecule has 2 rings (SSSR count). The summed E-state index contributed by atoms with van der Waals surface area (Å²) in [6.07, 6.45) is 0.646.